The fraction of sp³-hybridized carbons (Fsp3) is 0.391. The number of piperidine rings is 1. The molecule has 8 nitrogen and oxygen atoms in total. The Balaban J connectivity index is 0.00000363. The second-order valence-electron chi connectivity index (χ2n) is 7.20. The van der Waals surface area contributed by atoms with Gasteiger partial charge in [0.05, 0.1) is 20.3 Å². The van der Waals surface area contributed by atoms with Gasteiger partial charge in [-0.1, -0.05) is 24.3 Å². The first-order valence-corrected chi connectivity index (χ1v) is 10.5. The Labute approximate surface area is 206 Å². The van der Waals surface area contributed by atoms with Gasteiger partial charge in [-0.15, -0.1) is 24.0 Å². The first-order chi connectivity index (χ1) is 15.1. The van der Waals surface area contributed by atoms with Crippen molar-refractivity contribution in [3.8, 4) is 17.2 Å². The first-order valence-electron chi connectivity index (χ1n) is 10.5. The Morgan fingerprint density at radius 3 is 2.41 bits per heavy atom. The van der Waals surface area contributed by atoms with Crippen LogP contribution in [0.2, 0.25) is 0 Å². The van der Waals surface area contributed by atoms with Crippen LogP contribution in [0.3, 0.4) is 0 Å². The van der Waals surface area contributed by atoms with Crippen LogP contribution in [-0.4, -0.2) is 49.8 Å². The number of hydrogen-bond acceptors (Lipinski definition) is 5. The van der Waals surface area contributed by atoms with Crippen molar-refractivity contribution in [2.24, 2.45) is 10.7 Å². The molecule has 9 heteroatoms. The SMILES string of the molecule is CCOC(=O)N1CCC(NC(N)=NCc2ccc(Oc3ccccc3OC)cc2)CC1.I. The smallest absolute Gasteiger partial charge is 0.409 e. The lowest BCUT2D eigenvalue weighted by Gasteiger charge is -2.31. The molecule has 1 amide bonds. The molecule has 0 aromatic heterocycles. The van der Waals surface area contributed by atoms with Gasteiger partial charge in [0.15, 0.2) is 17.5 Å². The lowest BCUT2D eigenvalue weighted by Crippen LogP contribution is -2.48. The molecule has 174 valence electrons. The van der Waals surface area contributed by atoms with E-state index in [1.54, 1.807) is 12.0 Å². The van der Waals surface area contributed by atoms with Crippen molar-refractivity contribution < 1.29 is 19.0 Å². The van der Waals surface area contributed by atoms with Crippen molar-refractivity contribution in [2.45, 2.75) is 32.4 Å². The largest absolute Gasteiger partial charge is 0.493 e. The van der Waals surface area contributed by atoms with E-state index in [1.165, 1.54) is 0 Å². The van der Waals surface area contributed by atoms with Gasteiger partial charge in [-0.25, -0.2) is 9.79 Å². The van der Waals surface area contributed by atoms with Gasteiger partial charge in [0.2, 0.25) is 0 Å². The van der Waals surface area contributed by atoms with Crippen molar-refractivity contribution in [3.63, 3.8) is 0 Å². The third-order valence-corrected chi connectivity index (χ3v) is 5.03. The van der Waals surface area contributed by atoms with Crippen molar-refractivity contribution in [3.05, 3.63) is 54.1 Å². The van der Waals surface area contributed by atoms with Crippen LogP contribution in [0.5, 0.6) is 17.2 Å². The van der Waals surface area contributed by atoms with Gasteiger partial charge >= 0.3 is 6.09 Å². The van der Waals surface area contributed by atoms with Crippen molar-refractivity contribution in [1.29, 1.82) is 0 Å². The van der Waals surface area contributed by atoms with E-state index < -0.39 is 0 Å². The molecule has 0 saturated carbocycles. The summed E-state index contributed by atoms with van der Waals surface area (Å²) in [6.07, 6.45) is 1.37. The van der Waals surface area contributed by atoms with E-state index in [-0.39, 0.29) is 36.1 Å². The Hall–Kier alpha value is -2.69. The van der Waals surface area contributed by atoms with Crippen LogP contribution < -0.4 is 20.5 Å². The lowest BCUT2D eigenvalue weighted by molar-refractivity contribution is 0.0963. The lowest BCUT2D eigenvalue weighted by atomic mass is 10.1. The molecule has 1 saturated heterocycles. The number of guanidine groups is 1. The number of nitrogens with one attached hydrogen (secondary N) is 1. The van der Waals surface area contributed by atoms with E-state index in [4.69, 9.17) is 19.9 Å². The highest BCUT2D eigenvalue weighted by Crippen LogP contribution is 2.30. The van der Waals surface area contributed by atoms with Crippen molar-refractivity contribution in [2.75, 3.05) is 26.8 Å². The Morgan fingerprint density at radius 1 is 1.12 bits per heavy atom. The van der Waals surface area contributed by atoms with Crippen molar-refractivity contribution >= 4 is 36.0 Å². The molecule has 0 bridgehead atoms. The minimum absolute atomic E-state index is 0. The van der Waals surface area contributed by atoms with Gasteiger partial charge in [-0.2, -0.15) is 0 Å². The van der Waals surface area contributed by atoms with E-state index in [2.05, 4.69) is 10.3 Å². The zero-order valence-corrected chi connectivity index (χ0v) is 20.8. The van der Waals surface area contributed by atoms with Gasteiger partial charge in [-0.05, 0) is 49.6 Å². The average Bonchev–Trinajstić information content (AvgIpc) is 2.79. The second kappa shape index (κ2) is 13.0. The summed E-state index contributed by atoms with van der Waals surface area (Å²) in [5.74, 6) is 2.47. The highest BCUT2D eigenvalue weighted by atomic mass is 127. The molecule has 32 heavy (non-hydrogen) atoms. The summed E-state index contributed by atoms with van der Waals surface area (Å²) in [7, 11) is 1.62. The maximum atomic E-state index is 11.8. The summed E-state index contributed by atoms with van der Waals surface area (Å²) in [4.78, 5) is 17.9. The standard InChI is InChI=1S/C23H30N4O4.HI/c1-3-30-23(28)27-14-12-18(13-15-27)26-22(24)25-16-17-8-10-19(11-9-17)31-21-7-5-4-6-20(21)29-2;/h4-11,18H,3,12-16H2,1-2H3,(H3,24,25,26);1H. The zero-order valence-electron chi connectivity index (χ0n) is 18.5. The first kappa shape index (κ1) is 25.6. The molecule has 3 rings (SSSR count). The minimum atomic E-state index is -0.249. The molecule has 0 spiro atoms. The Morgan fingerprint density at radius 2 is 1.78 bits per heavy atom. The summed E-state index contributed by atoms with van der Waals surface area (Å²) < 4.78 is 16.2. The molecule has 1 aliphatic heterocycles. The number of carbonyl (C=O) groups excluding carboxylic acids is 1. The maximum Gasteiger partial charge on any atom is 0.409 e. The van der Waals surface area contributed by atoms with Gasteiger partial charge in [0.1, 0.15) is 5.75 Å². The predicted octanol–water partition coefficient (Wildman–Crippen LogP) is 4.13. The number of carbonyl (C=O) groups is 1. The van der Waals surface area contributed by atoms with E-state index in [0.717, 1.165) is 24.2 Å². The number of benzene rings is 2. The quantitative estimate of drug-likeness (QED) is 0.304. The molecule has 2 aromatic carbocycles. The van der Waals surface area contributed by atoms with Gasteiger partial charge in [0, 0.05) is 19.1 Å². The number of nitrogens with two attached hydrogens (primary N) is 1. The molecule has 1 heterocycles. The monoisotopic (exact) mass is 554 g/mol. The molecule has 0 aliphatic carbocycles. The highest BCUT2D eigenvalue weighted by Gasteiger charge is 2.23. The fourth-order valence-corrected chi connectivity index (χ4v) is 3.35. The number of methoxy groups -OCH3 is 1. The van der Waals surface area contributed by atoms with Gasteiger partial charge in [0.25, 0.3) is 0 Å². The molecule has 0 radical (unpaired) electrons. The van der Waals surface area contributed by atoms with Crippen LogP contribution >= 0.6 is 24.0 Å². The summed E-state index contributed by atoms with van der Waals surface area (Å²) in [6.45, 7) is 3.97. The van der Waals surface area contributed by atoms with Crippen LogP contribution in [0.1, 0.15) is 25.3 Å². The van der Waals surface area contributed by atoms with E-state index in [9.17, 15) is 4.79 Å². The fourth-order valence-electron chi connectivity index (χ4n) is 3.35. The summed E-state index contributed by atoms with van der Waals surface area (Å²) in [6, 6.07) is 15.4. The summed E-state index contributed by atoms with van der Waals surface area (Å²) >= 11 is 0. The molecule has 1 aliphatic rings. The summed E-state index contributed by atoms with van der Waals surface area (Å²) in [5.41, 5.74) is 7.08. The van der Waals surface area contributed by atoms with E-state index in [0.29, 0.717) is 43.7 Å². The van der Waals surface area contributed by atoms with E-state index in [1.807, 2.05) is 55.5 Å². The Bertz CT molecular complexity index is 884. The van der Waals surface area contributed by atoms with Crippen LogP contribution in [0.15, 0.2) is 53.5 Å². The number of amides is 1. The van der Waals surface area contributed by atoms with Gasteiger partial charge < -0.3 is 30.2 Å². The number of hydrogen-bond donors (Lipinski definition) is 2. The zero-order chi connectivity index (χ0) is 22.1. The normalized spacial score (nSPS) is 14.3. The van der Waals surface area contributed by atoms with Crippen LogP contribution in [0.25, 0.3) is 0 Å². The van der Waals surface area contributed by atoms with Gasteiger partial charge in [-0.3, -0.25) is 0 Å². The number of nitrogens with zero attached hydrogens (tertiary/aromatic N) is 2. The molecule has 1 fully saturated rings. The molecular formula is C23H31IN4O4. The second-order valence-corrected chi connectivity index (χ2v) is 7.20. The molecule has 2 aromatic rings. The molecule has 0 atom stereocenters. The summed E-state index contributed by atoms with van der Waals surface area (Å²) in [5, 5.41) is 3.25. The number of para-hydroxylation sites is 2. The number of halogens is 1. The number of rotatable bonds is 7. The molecular weight excluding hydrogens is 523 g/mol. The average molecular weight is 554 g/mol. The van der Waals surface area contributed by atoms with Crippen molar-refractivity contribution in [1.82, 2.24) is 10.2 Å². The van der Waals surface area contributed by atoms with E-state index >= 15 is 0 Å². The van der Waals surface area contributed by atoms with Crippen LogP contribution in [0.4, 0.5) is 4.79 Å². The third-order valence-electron chi connectivity index (χ3n) is 5.03. The van der Waals surface area contributed by atoms with Crippen LogP contribution in [0, 0.1) is 0 Å². The van der Waals surface area contributed by atoms with Crippen LogP contribution in [-0.2, 0) is 11.3 Å². The number of aliphatic imine (C=N–C) groups is 1. The Kier molecular flexibility index (Phi) is 10.4. The highest BCUT2D eigenvalue weighted by molar-refractivity contribution is 14.0. The minimum Gasteiger partial charge on any atom is -0.493 e. The maximum absolute atomic E-state index is 11.8. The topological polar surface area (TPSA) is 98.4 Å². The molecule has 0 unspecified atom stereocenters. The predicted molar refractivity (Wildman–Crippen MR) is 135 cm³/mol. The third kappa shape index (κ3) is 7.47. The number of ether oxygens (including phenoxy) is 3. The number of likely N-dealkylation sites (tertiary alicyclic amines) is 1. The molecule has 3 N–H and O–H groups in total.